The number of fused-ring (bicyclic) bond motifs is 1. The molecule has 0 bridgehead atoms. The van der Waals surface area contributed by atoms with Gasteiger partial charge in [0.2, 0.25) is 0 Å². The monoisotopic (exact) mass is 375 g/mol. The van der Waals surface area contributed by atoms with Crippen LogP contribution in [0.3, 0.4) is 0 Å². The molecule has 1 aliphatic heterocycles. The highest BCUT2D eigenvalue weighted by Crippen LogP contribution is 2.27. The topological polar surface area (TPSA) is 56.1 Å². The van der Waals surface area contributed by atoms with Crippen LogP contribution in [-0.4, -0.2) is 23.2 Å². The van der Waals surface area contributed by atoms with Crippen molar-refractivity contribution in [2.24, 2.45) is 0 Å². The first-order chi connectivity index (χ1) is 13.0. The van der Waals surface area contributed by atoms with E-state index >= 15 is 0 Å². The van der Waals surface area contributed by atoms with Crippen LogP contribution < -0.4 is 15.6 Å². The molecule has 8 heteroatoms. The molecule has 3 aromatic rings. The summed E-state index contributed by atoms with van der Waals surface area (Å²) in [6.45, 7) is 0.724. The molecule has 140 valence electrons. The van der Waals surface area contributed by atoms with Crippen LogP contribution >= 0.6 is 0 Å². The number of halogens is 3. The van der Waals surface area contributed by atoms with E-state index in [4.69, 9.17) is 4.74 Å². The predicted molar refractivity (Wildman–Crippen MR) is 93.7 cm³/mol. The molecule has 0 amide bonds. The van der Waals surface area contributed by atoms with E-state index in [-0.39, 0.29) is 17.3 Å². The predicted octanol–water partition coefficient (Wildman–Crippen LogP) is 3.24. The third kappa shape index (κ3) is 2.86. The fourth-order valence-electron chi connectivity index (χ4n) is 3.37. The highest BCUT2D eigenvalue weighted by Gasteiger charge is 2.26. The minimum absolute atomic E-state index is 0.264. The van der Waals surface area contributed by atoms with Crippen molar-refractivity contribution in [3.8, 4) is 11.4 Å². The van der Waals surface area contributed by atoms with Gasteiger partial charge in [0.1, 0.15) is 17.1 Å². The molecule has 0 radical (unpaired) electrons. The summed E-state index contributed by atoms with van der Waals surface area (Å²) in [4.78, 5) is 17.3. The lowest BCUT2D eigenvalue weighted by molar-refractivity contribution is 0.414. The van der Waals surface area contributed by atoms with Crippen LogP contribution in [0.4, 0.5) is 13.2 Å². The summed E-state index contributed by atoms with van der Waals surface area (Å²) in [6, 6.07) is 7.05. The SMILES string of the molecule is COc1ccc(-n2c(C3CCCN3)nc3c(F)c(F)c(F)cc3c2=O)cc1. The van der Waals surface area contributed by atoms with Gasteiger partial charge in [-0.3, -0.25) is 9.36 Å². The van der Waals surface area contributed by atoms with Gasteiger partial charge in [0.15, 0.2) is 17.5 Å². The minimum Gasteiger partial charge on any atom is -0.497 e. The second-order valence-corrected chi connectivity index (χ2v) is 6.34. The number of aromatic nitrogens is 2. The van der Waals surface area contributed by atoms with Gasteiger partial charge in [-0.1, -0.05) is 0 Å². The van der Waals surface area contributed by atoms with Gasteiger partial charge in [-0.15, -0.1) is 0 Å². The molecule has 1 saturated heterocycles. The fourth-order valence-corrected chi connectivity index (χ4v) is 3.37. The number of nitrogens with one attached hydrogen (secondary N) is 1. The first kappa shape index (κ1) is 17.5. The Labute approximate surface area is 152 Å². The van der Waals surface area contributed by atoms with Crippen molar-refractivity contribution in [1.82, 2.24) is 14.9 Å². The van der Waals surface area contributed by atoms with E-state index in [0.29, 0.717) is 23.9 Å². The maximum absolute atomic E-state index is 14.3. The number of nitrogens with zero attached hydrogens (tertiary/aromatic N) is 2. The van der Waals surface area contributed by atoms with Crippen molar-refractivity contribution in [1.29, 1.82) is 0 Å². The second kappa shape index (κ2) is 6.70. The Morgan fingerprint density at radius 3 is 2.56 bits per heavy atom. The van der Waals surface area contributed by atoms with E-state index in [1.165, 1.54) is 11.7 Å². The summed E-state index contributed by atoms with van der Waals surface area (Å²) in [7, 11) is 1.52. The van der Waals surface area contributed by atoms with Gasteiger partial charge < -0.3 is 10.1 Å². The number of benzene rings is 2. The molecule has 1 atom stereocenters. The average molecular weight is 375 g/mol. The Morgan fingerprint density at radius 2 is 1.93 bits per heavy atom. The van der Waals surface area contributed by atoms with E-state index in [1.54, 1.807) is 24.3 Å². The van der Waals surface area contributed by atoms with E-state index in [0.717, 1.165) is 13.0 Å². The lowest BCUT2D eigenvalue weighted by Gasteiger charge is -2.18. The van der Waals surface area contributed by atoms with E-state index in [9.17, 15) is 18.0 Å². The van der Waals surface area contributed by atoms with Gasteiger partial charge in [-0.25, -0.2) is 18.2 Å². The molecular formula is C19H16F3N3O2. The van der Waals surface area contributed by atoms with Gasteiger partial charge in [0, 0.05) is 0 Å². The summed E-state index contributed by atoms with van der Waals surface area (Å²) in [6.07, 6.45) is 1.56. The zero-order valence-electron chi connectivity index (χ0n) is 14.4. The molecule has 1 aromatic heterocycles. The minimum atomic E-state index is -1.64. The number of hydrogen-bond donors (Lipinski definition) is 1. The Bertz CT molecular complexity index is 1070. The smallest absolute Gasteiger partial charge is 0.266 e. The van der Waals surface area contributed by atoms with Crippen molar-refractivity contribution >= 4 is 10.9 Å². The summed E-state index contributed by atoms with van der Waals surface area (Å²) in [5.41, 5.74) is -0.650. The van der Waals surface area contributed by atoms with Crippen molar-refractivity contribution in [3.63, 3.8) is 0 Å². The molecule has 2 aromatic carbocycles. The van der Waals surface area contributed by atoms with Crippen LogP contribution in [0, 0.1) is 17.5 Å². The van der Waals surface area contributed by atoms with Crippen LogP contribution in [0.2, 0.25) is 0 Å². The van der Waals surface area contributed by atoms with Crippen molar-refractivity contribution in [2.75, 3.05) is 13.7 Å². The molecule has 0 spiro atoms. The summed E-state index contributed by atoms with van der Waals surface area (Å²) in [5, 5.41) is 2.89. The first-order valence-corrected chi connectivity index (χ1v) is 8.49. The Kier molecular flexibility index (Phi) is 4.35. The fraction of sp³-hybridized carbons (Fsp3) is 0.263. The summed E-state index contributed by atoms with van der Waals surface area (Å²) >= 11 is 0. The lowest BCUT2D eigenvalue weighted by Crippen LogP contribution is -2.29. The molecule has 4 rings (SSSR count). The molecule has 27 heavy (non-hydrogen) atoms. The Hall–Kier alpha value is -2.87. The van der Waals surface area contributed by atoms with Crippen LogP contribution in [0.25, 0.3) is 16.6 Å². The maximum atomic E-state index is 14.3. The van der Waals surface area contributed by atoms with Gasteiger partial charge in [-0.05, 0) is 49.7 Å². The summed E-state index contributed by atoms with van der Waals surface area (Å²) in [5.74, 6) is -3.66. The average Bonchev–Trinajstić information content (AvgIpc) is 3.22. The van der Waals surface area contributed by atoms with E-state index < -0.39 is 28.5 Å². The normalized spacial score (nSPS) is 16.8. The van der Waals surface area contributed by atoms with Crippen LogP contribution in [-0.2, 0) is 0 Å². The molecule has 5 nitrogen and oxygen atoms in total. The molecule has 0 aliphatic carbocycles. The number of methoxy groups -OCH3 is 1. The standard InChI is InChI=1S/C19H16F3N3O2/c1-27-11-6-4-10(5-7-11)25-18(14-3-2-8-23-14)24-17-12(19(25)26)9-13(20)15(21)16(17)22/h4-7,9,14,23H,2-3,8H2,1H3. The highest BCUT2D eigenvalue weighted by atomic mass is 19.2. The van der Waals surface area contributed by atoms with Crippen molar-refractivity contribution in [3.05, 3.63) is 64.0 Å². The molecular weight excluding hydrogens is 359 g/mol. The largest absolute Gasteiger partial charge is 0.497 e. The highest BCUT2D eigenvalue weighted by molar-refractivity contribution is 5.79. The number of ether oxygens (including phenoxy) is 1. The number of hydrogen-bond acceptors (Lipinski definition) is 4. The second-order valence-electron chi connectivity index (χ2n) is 6.34. The third-order valence-corrected chi connectivity index (χ3v) is 4.73. The van der Waals surface area contributed by atoms with Crippen molar-refractivity contribution < 1.29 is 17.9 Å². The van der Waals surface area contributed by atoms with Gasteiger partial charge in [-0.2, -0.15) is 0 Å². The van der Waals surface area contributed by atoms with E-state index in [1.807, 2.05) is 0 Å². The molecule has 1 unspecified atom stereocenters. The molecule has 1 aliphatic rings. The zero-order valence-corrected chi connectivity index (χ0v) is 14.4. The van der Waals surface area contributed by atoms with Crippen LogP contribution in [0.1, 0.15) is 24.7 Å². The molecule has 1 N–H and O–H groups in total. The quantitative estimate of drug-likeness (QED) is 0.714. The lowest BCUT2D eigenvalue weighted by atomic mass is 10.1. The molecule has 2 heterocycles. The number of rotatable bonds is 3. The van der Waals surface area contributed by atoms with Crippen LogP contribution in [0.5, 0.6) is 5.75 Å². The first-order valence-electron chi connectivity index (χ1n) is 8.49. The van der Waals surface area contributed by atoms with Crippen LogP contribution in [0.15, 0.2) is 35.1 Å². The molecule has 0 saturated carbocycles. The zero-order chi connectivity index (χ0) is 19.1. The third-order valence-electron chi connectivity index (χ3n) is 4.73. The van der Waals surface area contributed by atoms with Gasteiger partial charge in [0.05, 0.1) is 24.2 Å². The van der Waals surface area contributed by atoms with E-state index in [2.05, 4.69) is 10.3 Å². The Balaban J connectivity index is 2.05. The van der Waals surface area contributed by atoms with Crippen molar-refractivity contribution in [2.45, 2.75) is 18.9 Å². The maximum Gasteiger partial charge on any atom is 0.266 e. The summed E-state index contributed by atoms with van der Waals surface area (Å²) < 4.78 is 48.1. The van der Waals surface area contributed by atoms with Gasteiger partial charge in [0.25, 0.3) is 5.56 Å². The Morgan fingerprint density at radius 1 is 1.19 bits per heavy atom. The molecule has 1 fully saturated rings. The van der Waals surface area contributed by atoms with Gasteiger partial charge >= 0.3 is 0 Å².